The minimum Gasteiger partial charge on any atom is -0.503 e. The Kier molecular flexibility index (Phi) is 6.29. The third kappa shape index (κ3) is 4.43. The summed E-state index contributed by atoms with van der Waals surface area (Å²) in [5, 5.41) is 10.0. The number of phenolic OH excluding ortho intramolecular Hbond substituents is 1. The first-order chi connectivity index (χ1) is 12.5. The maximum absolute atomic E-state index is 12.8. The molecule has 26 heavy (non-hydrogen) atoms. The Bertz CT molecular complexity index is 789. The monoisotopic (exact) mass is 414 g/mol. The molecule has 2 aromatic rings. The highest BCUT2D eigenvalue weighted by Gasteiger charge is 2.24. The molecule has 1 aromatic heterocycles. The summed E-state index contributed by atoms with van der Waals surface area (Å²) >= 11 is 13.6. The van der Waals surface area contributed by atoms with Crippen molar-refractivity contribution < 1.29 is 14.6 Å². The van der Waals surface area contributed by atoms with Crippen molar-refractivity contribution in [2.75, 3.05) is 32.8 Å². The third-order valence-corrected chi connectivity index (χ3v) is 5.75. The fraction of sp³-hybridized carbons (Fsp3) is 0.389. The minimum absolute atomic E-state index is 0.105. The molecule has 0 spiro atoms. The van der Waals surface area contributed by atoms with Gasteiger partial charge in [-0.15, -0.1) is 11.3 Å². The zero-order valence-corrected chi connectivity index (χ0v) is 16.7. The van der Waals surface area contributed by atoms with Crippen LogP contribution < -0.4 is 4.74 Å². The van der Waals surface area contributed by atoms with Gasteiger partial charge in [-0.05, 0) is 31.2 Å². The van der Waals surface area contributed by atoms with Gasteiger partial charge in [0.1, 0.15) is 0 Å². The average Bonchev–Trinajstić information content (AvgIpc) is 3.04. The van der Waals surface area contributed by atoms with E-state index < -0.39 is 0 Å². The zero-order valence-electron chi connectivity index (χ0n) is 14.4. The lowest BCUT2D eigenvalue weighted by Gasteiger charge is -2.34. The number of amides is 1. The molecule has 2 heterocycles. The first-order valence-corrected chi connectivity index (χ1v) is 9.96. The summed E-state index contributed by atoms with van der Waals surface area (Å²) in [6.07, 6.45) is 0. The van der Waals surface area contributed by atoms with E-state index in [2.05, 4.69) is 4.90 Å². The molecule has 1 aliphatic heterocycles. The molecule has 0 atom stereocenters. The number of aromatic hydroxyl groups is 1. The molecular weight excluding hydrogens is 395 g/mol. The number of nitrogens with zero attached hydrogens (tertiary/aromatic N) is 2. The molecule has 0 unspecified atom stereocenters. The predicted octanol–water partition coefficient (Wildman–Crippen LogP) is 4.12. The number of hydrogen-bond donors (Lipinski definition) is 1. The number of thiophene rings is 1. The number of benzene rings is 1. The van der Waals surface area contributed by atoms with Crippen LogP contribution in [0.5, 0.6) is 11.5 Å². The zero-order chi connectivity index (χ0) is 18.7. The smallest absolute Gasteiger partial charge is 0.254 e. The molecule has 1 aliphatic rings. The molecule has 1 saturated heterocycles. The Morgan fingerprint density at radius 1 is 1.23 bits per heavy atom. The Morgan fingerprint density at radius 3 is 2.58 bits per heavy atom. The fourth-order valence-corrected chi connectivity index (χ4v) is 4.25. The summed E-state index contributed by atoms with van der Waals surface area (Å²) < 4.78 is 6.15. The van der Waals surface area contributed by atoms with Crippen LogP contribution >= 0.6 is 34.5 Å². The number of ether oxygens (including phenoxy) is 1. The van der Waals surface area contributed by atoms with Crippen molar-refractivity contribution in [1.29, 1.82) is 0 Å². The van der Waals surface area contributed by atoms with E-state index in [-0.39, 0.29) is 22.4 Å². The van der Waals surface area contributed by atoms with Crippen LogP contribution in [0.3, 0.4) is 0 Å². The van der Waals surface area contributed by atoms with E-state index in [1.807, 2.05) is 19.1 Å². The van der Waals surface area contributed by atoms with Gasteiger partial charge in [-0.25, -0.2) is 0 Å². The first-order valence-electron chi connectivity index (χ1n) is 8.39. The van der Waals surface area contributed by atoms with Crippen LogP contribution in [0.25, 0.3) is 0 Å². The molecule has 1 fully saturated rings. The van der Waals surface area contributed by atoms with Crippen molar-refractivity contribution in [3.63, 3.8) is 0 Å². The second-order valence-electron chi connectivity index (χ2n) is 6.01. The van der Waals surface area contributed by atoms with Crippen molar-refractivity contribution in [2.24, 2.45) is 0 Å². The second-order valence-corrected chi connectivity index (χ2v) is 8.22. The topological polar surface area (TPSA) is 53.0 Å². The SMILES string of the molecule is CCOc1cc(C(=O)N2CCN(Cc3ccc(Cl)s3)CC2)cc(Cl)c1O. The summed E-state index contributed by atoms with van der Waals surface area (Å²) in [4.78, 5) is 18.1. The van der Waals surface area contributed by atoms with E-state index in [1.165, 1.54) is 10.9 Å². The molecule has 1 amide bonds. The van der Waals surface area contributed by atoms with Gasteiger partial charge in [-0.3, -0.25) is 9.69 Å². The van der Waals surface area contributed by atoms with Crippen LogP contribution in [0, 0.1) is 0 Å². The molecule has 140 valence electrons. The molecule has 0 radical (unpaired) electrons. The van der Waals surface area contributed by atoms with Gasteiger partial charge in [0.2, 0.25) is 0 Å². The molecule has 0 saturated carbocycles. The predicted molar refractivity (Wildman–Crippen MR) is 105 cm³/mol. The summed E-state index contributed by atoms with van der Waals surface area (Å²) in [7, 11) is 0. The lowest BCUT2D eigenvalue weighted by Crippen LogP contribution is -2.48. The van der Waals surface area contributed by atoms with Crippen molar-refractivity contribution in [3.05, 3.63) is 44.1 Å². The van der Waals surface area contributed by atoms with Crippen molar-refractivity contribution in [3.8, 4) is 11.5 Å². The van der Waals surface area contributed by atoms with Crippen LogP contribution in [0.2, 0.25) is 9.36 Å². The molecule has 1 aromatic carbocycles. The number of hydrogen-bond acceptors (Lipinski definition) is 5. The van der Waals surface area contributed by atoms with E-state index in [9.17, 15) is 9.90 Å². The van der Waals surface area contributed by atoms with Gasteiger partial charge < -0.3 is 14.7 Å². The Hall–Kier alpha value is -1.47. The van der Waals surface area contributed by atoms with Gasteiger partial charge in [0.15, 0.2) is 11.5 Å². The number of phenols is 1. The minimum atomic E-state index is -0.135. The van der Waals surface area contributed by atoms with Crippen molar-refractivity contribution in [2.45, 2.75) is 13.5 Å². The molecular formula is C18H20Cl2N2O3S. The summed E-state index contributed by atoms with van der Waals surface area (Å²) in [5.41, 5.74) is 0.426. The fourth-order valence-electron chi connectivity index (χ4n) is 2.91. The van der Waals surface area contributed by atoms with E-state index in [1.54, 1.807) is 22.3 Å². The van der Waals surface area contributed by atoms with Gasteiger partial charge in [-0.2, -0.15) is 0 Å². The molecule has 8 heteroatoms. The van der Waals surface area contributed by atoms with Gasteiger partial charge in [-0.1, -0.05) is 23.2 Å². The summed E-state index contributed by atoms with van der Waals surface area (Å²) in [5.74, 6) is -0.00674. The van der Waals surface area contributed by atoms with Gasteiger partial charge in [0.25, 0.3) is 5.91 Å². The molecule has 0 aliphatic carbocycles. The van der Waals surface area contributed by atoms with E-state index in [0.717, 1.165) is 24.0 Å². The highest BCUT2D eigenvalue weighted by atomic mass is 35.5. The molecule has 1 N–H and O–H groups in total. The normalized spacial score (nSPS) is 15.3. The van der Waals surface area contributed by atoms with Crippen LogP contribution in [0.15, 0.2) is 24.3 Å². The highest BCUT2D eigenvalue weighted by molar-refractivity contribution is 7.16. The Balaban J connectivity index is 1.63. The molecule has 0 bridgehead atoms. The molecule has 5 nitrogen and oxygen atoms in total. The van der Waals surface area contributed by atoms with Crippen LogP contribution in [-0.4, -0.2) is 53.6 Å². The van der Waals surface area contributed by atoms with Crippen molar-refractivity contribution >= 4 is 40.4 Å². The van der Waals surface area contributed by atoms with Gasteiger partial charge in [0.05, 0.1) is 16.0 Å². The summed E-state index contributed by atoms with van der Waals surface area (Å²) in [6.45, 7) is 5.91. The lowest BCUT2D eigenvalue weighted by atomic mass is 10.1. The number of halogens is 2. The first kappa shape index (κ1) is 19.3. The van der Waals surface area contributed by atoms with E-state index in [0.29, 0.717) is 25.3 Å². The third-order valence-electron chi connectivity index (χ3n) is 4.24. The van der Waals surface area contributed by atoms with Crippen LogP contribution in [0.1, 0.15) is 22.2 Å². The van der Waals surface area contributed by atoms with Crippen LogP contribution in [-0.2, 0) is 6.54 Å². The number of rotatable bonds is 5. The van der Waals surface area contributed by atoms with Gasteiger partial charge >= 0.3 is 0 Å². The maximum Gasteiger partial charge on any atom is 0.254 e. The second kappa shape index (κ2) is 8.48. The van der Waals surface area contributed by atoms with E-state index in [4.69, 9.17) is 27.9 Å². The van der Waals surface area contributed by atoms with E-state index >= 15 is 0 Å². The number of piperazine rings is 1. The Morgan fingerprint density at radius 2 is 1.96 bits per heavy atom. The lowest BCUT2D eigenvalue weighted by molar-refractivity contribution is 0.0629. The largest absolute Gasteiger partial charge is 0.503 e. The quantitative estimate of drug-likeness (QED) is 0.799. The summed E-state index contributed by atoms with van der Waals surface area (Å²) in [6, 6.07) is 6.99. The number of carbonyl (C=O) groups excluding carboxylic acids is 1. The number of carbonyl (C=O) groups is 1. The molecule has 3 rings (SSSR count). The van der Waals surface area contributed by atoms with Crippen molar-refractivity contribution in [1.82, 2.24) is 9.80 Å². The maximum atomic E-state index is 12.8. The van der Waals surface area contributed by atoms with Gasteiger partial charge in [0, 0.05) is 43.2 Å². The average molecular weight is 415 g/mol. The highest BCUT2D eigenvalue weighted by Crippen LogP contribution is 2.35. The Labute approximate surface area is 166 Å². The standard InChI is InChI=1S/C18H20Cl2N2O3S/c1-2-25-15-10-12(9-14(19)17(15)23)18(24)22-7-5-21(6-8-22)11-13-3-4-16(20)26-13/h3-4,9-10,23H,2,5-8,11H2,1H3. The van der Waals surface area contributed by atoms with Crippen LogP contribution in [0.4, 0.5) is 0 Å².